The molecule has 2 heterocycles. The number of pyridine rings is 1. The Labute approximate surface area is 122 Å². The molecule has 112 valence electrons. The molecule has 0 aliphatic carbocycles. The summed E-state index contributed by atoms with van der Waals surface area (Å²) in [4.78, 5) is 4.34. The monoisotopic (exact) mass is 289 g/mol. The second-order valence-corrected chi connectivity index (χ2v) is 5.16. The lowest BCUT2D eigenvalue weighted by Crippen LogP contribution is -2.38. The summed E-state index contributed by atoms with van der Waals surface area (Å²) in [5, 5.41) is 14.6. The number of rotatable bonds is 4. The summed E-state index contributed by atoms with van der Waals surface area (Å²) in [5.74, 6) is 2.21. The standard InChI is InChI=1S/C15H19N3O3/c1-9(19)12(16)8-18-15-11-7-14-13(20-4-5-21-14)6-10(11)2-3-17-15/h2-3,6-7,9,12,19H,4-5,8,16H2,1H3,(H,17,18). The van der Waals surface area contributed by atoms with E-state index >= 15 is 0 Å². The number of aromatic nitrogens is 1. The lowest BCUT2D eigenvalue weighted by molar-refractivity contribution is 0.168. The number of nitrogens with zero attached hydrogens (tertiary/aromatic N) is 1. The predicted molar refractivity (Wildman–Crippen MR) is 80.9 cm³/mol. The van der Waals surface area contributed by atoms with Gasteiger partial charge in [0.2, 0.25) is 0 Å². The zero-order valence-electron chi connectivity index (χ0n) is 11.9. The summed E-state index contributed by atoms with van der Waals surface area (Å²) in [7, 11) is 0. The van der Waals surface area contributed by atoms with Crippen molar-refractivity contribution in [2.24, 2.45) is 5.73 Å². The summed E-state index contributed by atoms with van der Waals surface area (Å²) in [6.07, 6.45) is 1.16. The fourth-order valence-corrected chi connectivity index (χ4v) is 2.24. The van der Waals surface area contributed by atoms with Gasteiger partial charge in [-0.25, -0.2) is 4.98 Å². The Morgan fingerprint density at radius 3 is 2.76 bits per heavy atom. The molecule has 0 amide bonds. The van der Waals surface area contributed by atoms with Crippen molar-refractivity contribution in [1.82, 2.24) is 4.98 Å². The molecular formula is C15H19N3O3. The predicted octanol–water partition coefficient (Wildman–Crippen LogP) is 1.13. The van der Waals surface area contributed by atoms with Crippen molar-refractivity contribution in [2.45, 2.75) is 19.1 Å². The fraction of sp³-hybridized carbons (Fsp3) is 0.400. The zero-order chi connectivity index (χ0) is 14.8. The molecule has 0 saturated carbocycles. The Balaban J connectivity index is 1.91. The molecule has 2 aromatic rings. The van der Waals surface area contributed by atoms with Crippen molar-refractivity contribution in [2.75, 3.05) is 25.1 Å². The molecule has 1 aliphatic rings. The van der Waals surface area contributed by atoms with E-state index in [1.165, 1.54) is 0 Å². The van der Waals surface area contributed by atoms with Crippen LogP contribution in [-0.2, 0) is 0 Å². The smallest absolute Gasteiger partial charge is 0.162 e. The number of ether oxygens (including phenoxy) is 2. The van der Waals surface area contributed by atoms with E-state index in [9.17, 15) is 5.11 Å². The van der Waals surface area contributed by atoms with Gasteiger partial charge in [-0.3, -0.25) is 0 Å². The molecule has 0 bridgehead atoms. The average molecular weight is 289 g/mol. The molecule has 0 fully saturated rings. The number of nitrogens with one attached hydrogen (secondary N) is 1. The third-order valence-electron chi connectivity index (χ3n) is 3.55. The molecular weight excluding hydrogens is 270 g/mol. The van der Waals surface area contributed by atoms with Gasteiger partial charge in [0.25, 0.3) is 0 Å². The van der Waals surface area contributed by atoms with Gasteiger partial charge in [0.1, 0.15) is 19.0 Å². The van der Waals surface area contributed by atoms with Gasteiger partial charge in [0.15, 0.2) is 11.5 Å². The van der Waals surface area contributed by atoms with Gasteiger partial charge in [-0.15, -0.1) is 0 Å². The Kier molecular flexibility index (Phi) is 3.81. The number of benzene rings is 1. The number of nitrogens with two attached hydrogens (primary N) is 1. The summed E-state index contributed by atoms with van der Waals surface area (Å²) < 4.78 is 11.2. The maximum absolute atomic E-state index is 9.45. The molecule has 2 atom stereocenters. The molecule has 4 N–H and O–H groups in total. The largest absolute Gasteiger partial charge is 0.486 e. The van der Waals surface area contributed by atoms with E-state index in [0.29, 0.717) is 19.8 Å². The van der Waals surface area contributed by atoms with Crippen LogP contribution in [0.3, 0.4) is 0 Å². The lowest BCUT2D eigenvalue weighted by Gasteiger charge is -2.20. The summed E-state index contributed by atoms with van der Waals surface area (Å²) >= 11 is 0. The molecule has 6 heteroatoms. The highest BCUT2D eigenvalue weighted by atomic mass is 16.6. The first-order valence-electron chi connectivity index (χ1n) is 7.01. The molecule has 3 rings (SSSR count). The first-order chi connectivity index (χ1) is 10.1. The second kappa shape index (κ2) is 5.75. The van der Waals surface area contributed by atoms with Gasteiger partial charge in [-0.05, 0) is 30.5 Å². The van der Waals surface area contributed by atoms with Crippen LogP contribution in [-0.4, -0.2) is 42.0 Å². The average Bonchev–Trinajstić information content (AvgIpc) is 2.50. The van der Waals surface area contributed by atoms with Crippen molar-refractivity contribution < 1.29 is 14.6 Å². The minimum Gasteiger partial charge on any atom is -0.486 e. The van der Waals surface area contributed by atoms with Crippen LogP contribution in [0.4, 0.5) is 5.82 Å². The van der Waals surface area contributed by atoms with Gasteiger partial charge in [0, 0.05) is 24.2 Å². The van der Waals surface area contributed by atoms with Crippen molar-refractivity contribution in [3.63, 3.8) is 0 Å². The second-order valence-electron chi connectivity index (χ2n) is 5.16. The van der Waals surface area contributed by atoms with E-state index < -0.39 is 6.10 Å². The van der Waals surface area contributed by atoms with E-state index in [0.717, 1.165) is 28.1 Å². The summed E-state index contributed by atoms with van der Waals surface area (Å²) in [6, 6.07) is 5.45. The van der Waals surface area contributed by atoms with E-state index in [4.69, 9.17) is 15.2 Å². The van der Waals surface area contributed by atoms with Crippen LogP contribution in [0, 0.1) is 0 Å². The molecule has 0 spiro atoms. The maximum Gasteiger partial charge on any atom is 0.162 e. The van der Waals surface area contributed by atoms with Crippen molar-refractivity contribution >= 4 is 16.6 Å². The Bertz CT molecular complexity index is 645. The molecule has 1 aliphatic heterocycles. The minimum atomic E-state index is -0.572. The minimum absolute atomic E-state index is 0.348. The van der Waals surface area contributed by atoms with Crippen molar-refractivity contribution in [1.29, 1.82) is 0 Å². The van der Waals surface area contributed by atoms with Crippen molar-refractivity contribution in [3.05, 3.63) is 24.4 Å². The van der Waals surface area contributed by atoms with Crippen LogP contribution in [0.25, 0.3) is 10.8 Å². The van der Waals surface area contributed by atoms with Gasteiger partial charge < -0.3 is 25.6 Å². The molecule has 6 nitrogen and oxygen atoms in total. The molecule has 0 saturated heterocycles. The Morgan fingerprint density at radius 1 is 1.33 bits per heavy atom. The zero-order valence-corrected chi connectivity index (χ0v) is 11.9. The van der Waals surface area contributed by atoms with E-state index in [1.54, 1.807) is 13.1 Å². The quantitative estimate of drug-likeness (QED) is 0.781. The number of hydrogen-bond donors (Lipinski definition) is 3. The van der Waals surface area contributed by atoms with Crippen LogP contribution < -0.4 is 20.5 Å². The van der Waals surface area contributed by atoms with Gasteiger partial charge in [-0.1, -0.05) is 0 Å². The van der Waals surface area contributed by atoms with Crippen LogP contribution in [0.5, 0.6) is 11.5 Å². The number of aliphatic hydroxyl groups is 1. The Hall–Kier alpha value is -2.05. The number of aliphatic hydroxyl groups excluding tert-OH is 1. The van der Waals surface area contributed by atoms with E-state index in [2.05, 4.69) is 10.3 Å². The van der Waals surface area contributed by atoms with Crippen LogP contribution >= 0.6 is 0 Å². The highest BCUT2D eigenvalue weighted by Gasteiger charge is 2.15. The van der Waals surface area contributed by atoms with Crippen LogP contribution in [0.2, 0.25) is 0 Å². The third-order valence-corrected chi connectivity index (χ3v) is 3.55. The highest BCUT2D eigenvalue weighted by Crippen LogP contribution is 2.36. The lowest BCUT2D eigenvalue weighted by atomic mass is 10.1. The third kappa shape index (κ3) is 2.86. The van der Waals surface area contributed by atoms with Crippen molar-refractivity contribution in [3.8, 4) is 11.5 Å². The SMILES string of the molecule is CC(O)C(N)CNc1nccc2cc3c(cc12)OCCO3. The molecule has 2 unspecified atom stereocenters. The molecule has 0 radical (unpaired) electrons. The first kappa shape index (κ1) is 13.9. The van der Waals surface area contributed by atoms with Crippen LogP contribution in [0.1, 0.15) is 6.92 Å². The summed E-state index contributed by atoms with van der Waals surface area (Å²) in [6.45, 7) is 3.23. The summed E-state index contributed by atoms with van der Waals surface area (Å²) in [5.41, 5.74) is 5.83. The number of fused-ring (bicyclic) bond motifs is 2. The molecule has 21 heavy (non-hydrogen) atoms. The highest BCUT2D eigenvalue weighted by molar-refractivity contribution is 5.94. The maximum atomic E-state index is 9.45. The van der Waals surface area contributed by atoms with Gasteiger partial charge in [-0.2, -0.15) is 0 Å². The van der Waals surface area contributed by atoms with Crippen LogP contribution in [0.15, 0.2) is 24.4 Å². The fourth-order valence-electron chi connectivity index (χ4n) is 2.24. The first-order valence-corrected chi connectivity index (χ1v) is 7.01. The number of anilines is 1. The normalized spacial score (nSPS) is 16.5. The number of hydrogen-bond acceptors (Lipinski definition) is 6. The Morgan fingerprint density at radius 2 is 2.05 bits per heavy atom. The molecule has 1 aromatic heterocycles. The van der Waals surface area contributed by atoms with Gasteiger partial charge in [0.05, 0.1) is 6.10 Å². The van der Waals surface area contributed by atoms with E-state index in [-0.39, 0.29) is 6.04 Å². The topological polar surface area (TPSA) is 89.6 Å². The van der Waals surface area contributed by atoms with E-state index in [1.807, 2.05) is 18.2 Å². The molecule has 1 aromatic carbocycles. The van der Waals surface area contributed by atoms with Gasteiger partial charge >= 0.3 is 0 Å².